The summed E-state index contributed by atoms with van der Waals surface area (Å²) in [6.45, 7) is 9.93. The predicted molar refractivity (Wildman–Crippen MR) is 169 cm³/mol. The molecule has 3 aromatic rings. The van der Waals surface area contributed by atoms with E-state index in [1.165, 1.54) is 22.3 Å². The Morgan fingerprint density at radius 3 is 2.47 bits per heavy atom. The molecule has 1 aliphatic carbocycles. The Hall–Kier alpha value is -3.71. The van der Waals surface area contributed by atoms with Crippen molar-refractivity contribution >= 4 is 5.91 Å². The molecule has 0 spiro atoms. The van der Waals surface area contributed by atoms with Crippen LogP contribution in [-0.2, 0) is 24.1 Å². The van der Waals surface area contributed by atoms with Gasteiger partial charge in [0, 0.05) is 12.6 Å². The van der Waals surface area contributed by atoms with Gasteiger partial charge in [-0.15, -0.1) is 0 Å². The molecule has 3 aromatic carbocycles. The molecule has 1 amide bonds. The van der Waals surface area contributed by atoms with Crippen LogP contribution < -0.4 is 24.3 Å². The highest BCUT2D eigenvalue weighted by molar-refractivity contribution is 5.79. The molecule has 43 heavy (non-hydrogen) atoms. The fourth-order valence-electron chi connectivity index (χ4n) is 6.58. The molecule has 7 nitrogen and oxygen atoms in total. The van der Waals surface area contributed by atoms with Crippen LogP contribution in [0.1, 0.15) is 74.0 Å². The minimum absolute atomic E-state index is 0.00684. The van der Waals surface area contributed by atoms with Crippen molar-refractivity contribution in [2.75, 3.05) is 33.9 Å². The molecule has 0 aromatic heterocycles. The molecule has 1 aliphatic heterocycles. The summed E-state index contributed by atoms with van der Waals surface area (Å²) in [5.41, 5.74) is 6.10. The molecule has 3 atom stereocenters. The standard InChI is InChI=1S/C36H46N2O5/c1-7-42-33-20-27-16-17-38(22-35(39)37-36-24(4)12-14-26-10-8-9-11-28(26)36)30(29(27)21-34(33)43-23(2)3)18-25-13-15-31(40-5)32(19-25)41-6/h8-11,13,15,19-21,23-24,30,36H,7,12,14,16-18,22H2,1-6H3,(H,37,39). The molecule has 2 aliphatic rings. The van der Waals surface area contributed by atoms with Crippen LogP contribution in [0, 0.1) is 5.92 Å². The lowest BCUT2D eigenvalue weighted by atomic mass is 9.80. The summed E-state index contributed by atoms with van der Waals surface area (Å²) in [6.07, 6.45) is 3.67. The van der Waals surface area contributed by atoms with E-state index < -0.39 is 0 Å². The maximum absolute atomic E-state index is 13.7. The van der Waals surface area contributed by atoms with Gasteiger partial charge >= 0.3 is 0 Å². The van der Waals surface area contributed by atoms with E-state index in [1.54, 1.807) is 14.2 Å². The van der Waals surface area contributed by atoms with E-state index in [4.69, 9.17) is 18.9 Å². The zero-order chi connectivity index (χ0) is 30.5. The molecule has 0 radical (unpaired) electrons. The van der Waals surface area contributed by atoms with Crippen LogP contribution in [0.25, 0.3) is 0 Å². The van der Waals surface area contributed by atoms with Crippen LogP contribution >= 0.6 is 0 Å². The number of rotatable bonds is 11. The van der Waals surface area contributed by atoms with Crippen LogP contribution in [0.3, 0.4) is 0 Å². The van der Waals surface area contributed by atoms with Gasteiger partial charge in [0.1, 0.15) is 0 Å². The Morgan fingerprint density at radius 2 is 1.72 bits per heavy atom. The van der Waals surface area contributed by atoms with Crippen molar-refractivity contribution in [3.8, 4) is 23.0 Å². The zero-order valence-corrected chi connectivity index (χ0v) is 26.4. The number of ether oxygens (including phenoxy) is 4. The molecule has 230 valence electrons. The number of fused-ring (bicyclic) bond motifs is 2. The van der Waals surface area contributed by atoms with Gasteiger partial charge in [-0.25, -0.2) is 0 Å². The first-order valence-electron chi connectivity index (χ1n) is 15.6. The fraction of sp³-hybridized carbons (Fsp3) is 0.472. The number of methoxy groups -OCH3 is 2. The third-order valence-corrected chi connectivity index (χ3v) is 8.70. The van der Waals surface area contributed by atoms with Gasteiger partial charge in [0.05, 0.1) is 39.5 Å². The number of aryl methyl sites for hydroxylation is 1. The quantitative estimate of drug-likeness (QED) is 0.278. The first-order valence-corrected chi connectivity index (χ1v) is 15.6. The molecular weight excluding hydrogens is 540 g/mol. The number of carbonyl (C=O) groups excluding carboxylic acids is 1. The van der Waals surface area contributed by atoms with Gasteiger partial charge in [-0.1, -0.05) is 37.3 Å². The van der Waals surface area contributed by atoms with Crippen LogP contribution in [0.2, 0.25) is 0 Å². The topological polar surface area (TPSA) is 69.3 Å². The van der Waals surface area contributed by atoms with Crippen LogP contribution in [0.15, 0.2) is 54.6 Å². The summed E-state index contributed by atoms with van der Waals surface area (Å²) in [7, 11) is 3.30. The van der Waals surface area contributed by atoms with Gasteiger partial charge < -0.3 is 24.3 Å². The number of carbonyl (C=O) groups is 1. The van der Waals surface area contributed by atoms with Gasteiger partial charge in [-0.2, -0.15) is 0 Å². The Morgan fingerprint density at radius 1 is 0.930 bits per heavy atom. The molecule has 5 rings (SSSR count). The minimum atomic E-state index is -0.0335. The molecule has 1 heterocycles. The Balaban J connectivity index is 1.46. The van der Waals surface area contributed by atoms with Gasteiger partial charge in [0.15, 0.2) is 23.0 Å². The average molecular weight is 587 g/mol. The third-order valence-electron chi connectivity index (χ3n) is 8.70. The average Bonchev–Trinajstić information content (AvgIpc) is 3.00. The maximum Gasteiger partial charge on any atom is 0.234 e. The van der Waals surface area contributed by atoms with Crippen LogP contribution in [0.5, 0.6) is 23.0 Å². The summed E-state index contributed by atoms with van der Waals surface area (Å²) in [5, 5.41) is 3.42. The molecule has 0 bridgehead atoms. The van der Waals surface area contributed by atoms with Crippen LogP contribution in [-0.4, -0.2) is 50.8 Å². The highest BCUT2D eigenvalue weighted by Crippen LogP contribution is 2.41. The summed E-state index contributed by atoms with van der Waals surface area (Å²) in [6, 6.07) is 18.8. The molecule has 0 fully saturated rings. The van der Waals surface area contributed by atoms with Gasteiger partial charge in [-0.05, 0) is 104 Å². The number of nitrogens with zero attached hydrogens (tertiary/aromatic N) is 1. The normalized spacial score (nSPS) is 19.7. The van der Waals surface area contributed by atoms with E-state index in [0.717, 1.165) is 42.9 Å². The van der Waals surface area contributed by atoms with E-state index in [1.807, 2.05) is 32.9 Å². The van der Waals surface area contributed by atoms with Crippen molar-refractivity contribution in [2.24, 2.45) is 5.92 Å². The highest BCUT2D eigenvalue weighted by Gasteiger charge is 2.33. The Kier molecular flexibility index (Phi) is 9.81. The van der Waals surface area contributed by atoms with Crippen LogP contribution in [0.4, 0.5) is 0 Å². The lowest BCUT2D eigenvalue weighted by Gasteiger charge is -2.38. The largest absolute Gasteiger partial charge is 0.493 e. The summed E-state index contributed by atoms with van der Waals surface area (Å²) in [4.78, 5) is 16.1. The second-order valence-electron chi connectivity index (χ2n) is 12.0. The second-order valence-corrected chi connectivity index (χ2v) is 12.0. The molecule has 7 heteroatoms. The maximum atomic E-state index is 13.7. The number of amides is 1. The van der Waals surface area contributed by atoms with Crippen molar-refractivity contribution < 1.29 is 23.7 Å². The summed E-state index contributed by atoms with van der Waals surface area (Å²) >= 11 is 0. The summed E-state index contributed by atoms with van der Waals surface area (Å²) in [5.74, 6) is 3.35. The fourth-order valence-corrected chi connectivity index (χ4v) is 6.58. The third kappa shape index (κ3) is 6.93. The molecule has 3 unspecified atom stereocenters. The second kappa shape index (κ2) is 13.7. The van der Waals surface area contributed by atoms with E-state index in [-0.39, 0.29) is 24.1 Å². The van der Waals surface area contributed by atoms with E-state index >= 15 is 0 Å². The van der Waals surface area contributed by atoms with E-state index in [9.17, 15) is 4.79 Å². The SMILES string of the molecule is CCOc1cc2c(cc1OC(C)C)C(Cc1ccc(OC)c(OC)c1)N(CC(=O)NC1c3ccccc3CCC1C)CC2. The van der Waals surface area contributed by atoms with Crippen molar-refractivity contribution in [1.82, 2.24) is 10.2 Å². The molecule has 0 saturated carbocycles. The highest BCUT2D eigenvalue weighted by atomic mass is 16.5. The van der Waals surface area contributed by atoms with Crippen molar-refractivity contribution in [1.29, 1.82) is 0 Å². The van der Waals surface area contributed by atoms with Crippen molar-refractivity contribution in [3.63, 3.8) is 0 Å². The van der Waals surface area contributed by atoms with E-state index in [0.29, 0.717) is 37.0 Å². The summed E-state index contributed by atoms with van der Waals surface area (Å²) < 4.78 is 23.3. The number of hydrogen-bond acceptors (Lipinski definition) is 6. The zero-order valence-electron chi connectivity index (χ0n) is 26.4. The number of hydrogen-bond donors (Lipinski definition) is 1. The lowest BCUT2D eigenvalue weighted by molar-refractivity contribution is -0.124. The molecular formula is C36H46N2O5. The predicted octanol–water partition coefficient (Wildman–Crippen LogP) is 6.47. The van der Waals surface area contributed by atoms with Gasteiger partial charge in [-0.3, -0.25) is 9.69 Å². The first-order chi connectivity index (χ1) is 20.8. The van der Waals surface area contributed by atoms with Gasteiger partial charge in [0.2, 0.25) is 5.91 Å². The first kappa shape index (κ1) is 30.7. The minimum Gasteiger partial charge on any atom is -0.493 e. The van der Waals surface area contributed by atoms with Gasteiger partial charge in [0.25, 0.3) is 0 Å². The lowest BCUT2D eigenvalue weighted by Crippen LogP contribution is -2.45. The van der Waals surface area contributed by atoms with Crippen molar-refractivity contribution in [3.05, 3.63) is 82.4 Å². The monoisotopic (exact) mass is 586 g/mol. The Labute approximate surface area is 256 Å². The molecule has 0 saturated heterocycles. The number of nitrogens with one attached hydrogen (secondary N) is 1. The Bertz CT molecular complexity index is 1420. The van der Waals surface area contributed by atoms with Crippen molar-refractivity contribution in [2.45, 2.75) is 71.6 Å². The smallest absolute Gasteiger partial charge is 0.234 e. The molecule has 1 N–H and O–H groups in total. The van der Waals surface area contributed by atoms with E-state index in [2.05, 4.69) is 59.6 Å². The number of benzene rings is 3.